The van der Waals surface area contributed by atoms with E-state index in [4.69, 9.17) is 0 Å². The molecule has 154 valence electrons. The van der Waals surface area contributed by atoms with Gasteiger partial charge in [-0.3, -0.25) is 4.31 Å². The van der Waals surface area contributed by atoms with Gasteiger partial charge in [0.2, 0.25) is 0 Å². The number of para-hydroxylation sites is 1. The van der Waals surface area contributed by atoms with E-state index in [1.54, 1.807) is 17.4 Å². The fraction of sp³-hybridized carbons (Fsp3) is 0.250. The SMILES string of the molecule is CCN(c1ccccc1)S(=O)(=O)c1ccc2c(c1)C1C=CCC1C(c1cccs1)N2. The quantitative estimate of drug-likeness (QED) is 0.515. The van der Waals surface area contributed by atoms with Gasteiger partial charge in [0.25, 0.3) is 10.0 Å². The van der Waals surface area contributed by atoms with Crippen LogP contribution in [0.5, 0.6) is 0 Å². The Labute approximate surface area is 181 Å². The number of hydrogen-bond donors (Lipinski definition) is 1. The van der Waals surface area contributed by atoms with Crippen LogP contribution in [-0.2, 0) is 10.0 Å². The molecule has 3 unspecified atom stereocenters. The van der Waals surface area contributed by atoms with Crippen LogP contribution in [-0.4, -0.2) is 15.0 Å². The van der Waals surface area contributed by atoms with Crippen LogP contribution >= 0.6 is 11.3 Å². The Balaban J connectivity index is 1.55. The number of benzene rings is 2. The summed E-state index contributed by atoms with van der Waals surface area (Å²) in [5, 5.41) is 5.80. The normalized spacial score (nSPS) is 22.2. The van der Waals surface area contributed by atoms with E-state index in [0.29, 0.717) is 23.0 Å². The molecule has 0 bridgehead atoms. The molecule has 3 atom stereocenters. The highest BCUT2D eigenvalue weighted by Crippen LogP contribution is 2.51. The minimum Gasteiger partial charge on any atom is -0.377 e. The first-order valence-corrected chi connectivity index (χ1v) is 12.6. The van der Waals surface area contributed by atoms with E-state index in [1.165, 1.54) is 9.18 Å². The van der Waals surface area contributed by atoms with Gasteiger partial charge in [0.1, 0.15) is 0 Å². The molecule has 4 nitrogen and oxygen atoms in total. The molecule has 0 amide bonds. The number of sulfonamides is 1. The Bertz CT molecular complexity index is 1170. The van der Waals surface area contributed by atoms with Gasteiger partial charge in [0.15, 0.2) is 0 Å². The second-order valence-electron chi connectivity index (χ2n) is 7.75. The largest absolute Gasteiger partial charge is 0.377 e. The smallest absolute Gasteiger partial charge is 0.264 e. The summed E-state index contributed by atoms with van der Waals surface area (Å²) in [6, 6.07) is 19.4. The van der Waals surface area contributed by atoms with Crippen molar-refractivity contribution in [2.75, 3.05) is 16.2 Å². The van der Waals surface area contributed by atoms with Crippen molar-refractivity contribution < 1.29 is 8.42 Å². The van der Waals surface area contributed by atoms with E-state index in [0.717, 1.165) is 17.7 Å². The standard InChI is InChI=1S/C24H24N2O2S2/c1-2-26(17-8-4-3-5-9-17)30(27,28)18-13-14-22-21(16-18)19-10-6-11-20(19)24(25-22)23-12-7-15-29-23/h3-10,12-16,19-20,24-25H,2,11H2,1H3. The molecular weight excluding hydrogens is 412 g/mol. The molecule has 1 N–H and O–H groups in total. The molecule has 2 aliphatic rings. The summed E-state index contributed by atoms with van der Waals surface area (Å²) < 4.78 is 28.4. The lowest BCUT2D eigenvalue weighted by Gasteiger charge is -2.37. The summed E-state index contributed by atoms with van der Waals surface area (Å²) in [6.45, 7) is 2.25. The van der Waals surface area contributed by atoms with Gasteiger partial charge in [0, 0.05) is 23.0 Å². The Morgan fingerprint density at radius 2 is 1.93 bits per heavy atom. The highest BCUT2D eigenvalue weighted by Gasteiger charge is 2.39. The molecule has 5 rings (SSSR count). The third-order valence-corrected chi connectivity index (χ3v) is 8.96. The maximum atomic E-state index is 13.5. The minimum atomic E-state index is -3.64. The second-order valence-corrected chi connectivity index (χ2v) is 10.6. The predicted molar refractivity (Wildman–Crippen MR) is 124 cm³/mol. The topological polar surface area (TPSA) is 49.4 Å². The van der Waals surface area contributed by atoms with Crippen molar-refractivity contribution in [3.63, 3.8) is 0 Å². The van der Waals surface area contributed by atoms with Crippen LogP contribution in [0.4, 0.5) is 11.4 Å². The number of thiophene rings is 1. The molecule has 0 spiro atoms. The maximum Gasteiger partial charge on any atom is 0.264 e. The number of anilines is 2. The zero-order valence-electron chi connectivity index (χ0n) is 16.7. The Kier molecular flexibility index (Phi) is 4.91. The fourth-order valence-corrected chi connectivity index (χ4v) is 7.06. The summed E-state index contributed by atoms with van der Waals surface area (Å²) in [5.41, 5.74) is 2.79. The van der Waals surface area contributed by atoms with Gasteiger partial charge in [-0.05, 0) is 66.6 Å². The van der Waals surface area contributed by atoms with Crippen LogP contribution in [0.15, 0.2) is 83.1 Å². The number of allylic oxidation sites excluding steroid dienone is 2. The van der Waals surface area contributed by atoms with E-state index in [1.807, 2.05) is 49.4 Å². The molecule has 30 heavy (non-hydrogen) atoms. The second kappa shape index (κ2) is 7.60. The van der Waals surface area contributed by atoms with Crippen LogP contribution in [0, 0.1) is 5.92 Å². The maximum absolute atomic E-state index is 13.5. The molecule has 1 aliphatic carbocycles. The van der Waals surface area contributed by atoms with E-state index in [-0.39, 0.29) is 12.0 Å². The van der Waals surface area contributed by atoms with Crippen molar-refractivity contribution in [1.29, 1.82) is 0 Å². The molecular formula is C24H24N2O2S2. The molecule has 3 aromatic rings. The van der Waals surface area contributed by atoms with Gasteiger partial charge in [-0.1, -0.05) is 36.4 Å². The van der Waals surface area contributed by atoms with Crippen molar-refractivity contribution in [2.24, 2.45) is 5.92 Å². The van der Waals surface area contributed by atoms with E-state index in [2.05, 4.69) is 35.0 Å². The average Bonchev–Trinajstić information content (AvgIpc) is 3.46. The monoisotopic (exact) mass is 436 g/mol. The molecule has 0 saturated heterocycles. The van der Waals surface area contributed by atoms with Crippen molar-refractivity contribution in [3.8, 4) is 0 Å². The molecule has 1 aliphatic heterocycles. The molecule has 6 heteroatoms. The molecule has 0 saturated carbocycles. The molecule has 1 aromatic heterocycles. The highest BCUT2D eigenvalue weighted by atomic mass is 32.2. The average molecular weight is 437 g/mol. The summed E-state index contributed by atoms with van der Waals surface area (Å²) >= 11 is 1.77. The van der Waals surface area contributed by atoms with Crippen LogP contribution in [0.2, 0.25) is 0 Å². The third kappa shape index (κ3) is 3.15. The number of nitrogens with one attached hydrogen (secondary N) is 1. The van der Waals surface area contributed by atoms with Crippen LogP contribution < -0.4 is 9.62 Å². The van der Waals surface area contributed by atoms with Crippen molar-refractivity contribution in [3.05, 3.63) is 88.6 Å². The lowest BCUT2D eigenvalue weighted by molar-refractivity contribution is 0.429. The summed E-state index contributed by atoms with van der Waals surface area (Å²) in [4.78, 5) is 1.68. The Morgan fingerprint density at radius 1 is 1.10 bits per heavy atom. The minimum absolute atomic E-state index is 0.232. The van der Waals surface area contributed by atoms with Crippen molar-refractivity contribution >= 4 is 32.7 Å². The van der Waals surface area contributed by atoms with E-state index >= 15 is 0 Å². The molecule has 2 aromatic carbocycles. The Morgan fingerprint density at radius 3 is 2.67 bits per heavy atom. The summed E-state index contributed by atoms with van der Waals surface area (Å²) in [5.74, 6) is 0.640. The van der Waals surface area contributed by atoms with Gasteiger partial charge >= 0.3 is 0 Å². The van der Waals surface area contributed by atoms with Crippen LogP contribution in [0.25, 0.3) is 0 Å². The number of fused-ring (bicyclic) bond motifs is 3. The lowest BCUT2D eigenvalue weighted by Crippen LogP contribution is -2.32. The lowest BCUT2D eigenvalue weighted by atomic mass is 9.79. The number of rotatable bonds is 5. The van der Waals surface area contributed by atoms with Gasteiger partial charge < -0.3 is 5.32 Å². The number of hydrogen-bond acceptors (Lipinski definition) is 4. The first-order valence-electron chi connectivity index (χ1n) is 10.3. The van der Waals surface area contributed by atoms with Crippen LogP contribution in [0.1, 0.15) is 35.7 Å². The van der Waals surface area contributed by atoms with Crippen molar-refractivity contribution in [1.82, 2.24) is 0 Å². The van der Waals surface area contributed by atoms with Gasteiger partial charge in [0.05, 0.1) is 16.6 Å². The third-order valence-electron chi connectivity index (χ3n) is 6.10. The van der Waals surface area contributed by atoms with Gasteiger partial charge in [-0.2, -0.15) is 0 Å². The van der Waals surface area contributed by atoms with Gasteiger partial charge in [-0.15, -0.1) is 11.3 Å². The first kappa shape index (κ1) is 19.4. The summed E-state index contributed by atoms with van der Waals surface area (Å²) in [6.07, 6.45) is 5.48. The Hall–Kier alpha value is -2.57. The first-order chi connectivity index (χ1) is 14.6. The zero-order chi connectivity index (χ0) is 20.7. The molecule has 0 radical (unpaired) electrons. The number of nitrogens with zero attached hydrogens (tertiary/aromatic N) is 1. The van der Waals surface area contributed by atoms with E-state index in [9.17, 15) is 8.42 Å². The van der Waals surface area contributed by atoms with Gasteiger partial charge in [-0.25, -0.2) is 8.42 Å². The highest BCUT2D eigenvalue weighted by molar-refractivity contribution is 7.92. The summed E-state index contributed by atoms with van der Waals surface area (Å²) in [7, 11) is -3.64. The predicted octanol–water partition coefficient (Wildman–Crippen LogP) is 5.79. The molecule has 0 fully saturated rings. The van der Waals surface area contributed by atoms with Crippen molar-refractivity contribution in [2.45, 2.75) is 30.2 Å². The molecule has 2 heterocycles. The zero-order valence-corrected chi connectivity index (χ0v) is 18.4. The van der Waals surface area contributed by atoms with E-state index < -0.39 is 10.0 Å². The van der Waals surface area contributed by atoms with Crippen LogP contribution in [0.3, 0.4) is 0 Å². The fourth-order valence-electron chi connectivity index (χ4n) is 4.70.